The Bertz CT molecular complexity index is 1500. The molecule has 1 saturated heterocycles. The lowest BCUT2D eigenvalue weighted by Crippen LogP contribution is -2.85. The predicted octanol–water partition coefficient (Wildman–Crippen LogP) is 3.09. The number of aliphatic hydroxyl groups is 1. The fourth-order valence-corrected chi connectivity index (χ4v) is 8.03. The van der Waals surface area contributed by atoms with Crippen molar-refractivity contribution in [2.45, 2.75) is 123 Å². The molecule has 9 atom stereocenters. The fourth-order valence-electron chi connectivity index (χ4n) is 8.03. The topological polar surface area (TPSA) is 187 Å². The van der Waals surface area contributed by atoms with E-state index >= 15 is 0 Å². The number of carbonyl (C=O) groups excluding carboxylic acids is 6. The van der Waals surface area contributed by atoms with E-state index in [-0.39, 0.29) is 5.56 Å². The molecular weight excluding hydrogens is 656 g/mol. The number of hydrogen-bond acceptors (Lipinski definition) is 14. The summed E-state index contributed by atoms with van der Waals surface area (Å²) in [5, 5.41) is 12.7. The van der Waals surface area contributed by atoms with Crippen molar-refractivity contribution in [3.63, 3.8) is 0 Å². The lowest BCUT2D eigenvalue weighted by molar-refractivity contribution is -0.363. The zero-order valence-corrected chi connectivity index (χ0v) is 30.2. The molecule has 2 saturated carbocycles. The number of carbonyl (C=O) groups is 6. The highest BCUT2D eigenvalue weighted by Crippen LogP contribution is 2.69. The van der Waals surface area contributed by atoms with Gasteiger partial charge in [-0.05, 0) is 32.9 Å². The standard InChI is InChI=1S/C36H48O14/c1-18(2)30(40)44-17-35-27(46-21(6)38)24(45-20(5)37)16-34(10,43)36(35)28(47-22(7)39)25(33(8,9)50-36)26(48-31(41)19(3)4)29(35)49-32(42)23-14-12-11-13-15-23/h11-15,18-19,24-29,43H,16-17H2,1-10H3/t24-,25+,26+,27-,28+,29-,34-,35-,36-/m0/s1. The second kappa shape index (κ2) is 13.9. The van der Waals surface area contributed by atoms with Gasteiger partial charge in [0.15, 0.2) is 17.8 Å². The van der Waals surface area contributed by atoms with Gasteiger partial charge < -0.3 is 38.3 Å². The normalized spacial score (nSPS) is 33.9. The first-order valence-electron chi connectivity index (χ1n) is 16.7. The molecule has 3 aliphatic rings. The minimum Gasteiger partial charge on any atom is -0.464 e. The highest BCUT2D eigenvalue weighted by atomic mass is 16.7. The Morgan fingerprint density at radius 1 is 0.760 bits per heavy atom. The maximum absolute atomic E-state index is 14.1. The number of fused-ring (bicyclic) bond motifs is 1. The van der Waals surface area contributed by atoms with Crippen LogP contribution >= 0.6 is 0 Å². The fraction of sp³-hybridized carbons (Fsp3) is 0.667. The highest BCUT2D eigenvalue weighted by molar-refractivity contribution is 5.89. The zero-order chi connectivity index (χ0) is 37.6. The Hall–Kier alpha value is -4.04. The Labute approximate surface area is 291 Å². The molecule has 1 aromatic rings. The van der Waals surface area contributed by atoms with Crippen molar-refractivity contribution in [2.75, 3.05) is 6.61 Å². The molecule has 1 aliphatic heterocycles. The van der Waals surface area contributed by atoms with Gasteiger partial charge in [-0.3, -0.25) is 24.0 Å². The molecule has 1 heterocycles. The third-order valence-electron chi connectivity index (χ3n) is 9.84. The Balaban J connectivity index is 2.20. The zero-order valence-electron chi connectivity index (χ0n) is 30.2. The maximum atomic E-state index is 14.1. The van der Waals surface area contributed by atoms with E-state index in [0.717, 1.165) is 20.8 Å². The van der Waals surface area contributed by atoms with Gasteiger partial charge in [0.1, 0.15) is 30.3 Å². The van der Waals surface area contributed by atoms with E-state index in [2.05, 4.69) is 0 Å². The van der Waals surface area contributed by atoms with Crippen molar-refractivity contribution in [1.29, 1.82) is 0 Å². The maximum Gasteiger partial charge on any atom is 0.338 e. The molecule has 4 rings (SSSR count). The van der Waals surface area contributed by atoms with Crippen LogP contribution in [0.4, 0.5) is 0 Å². The summed E-state index contributed by atoms with van der Waals surface area (Å²) in [6, 6.07) is 7.87. The summed E-state index contributed by atoms with van der Waals surface area (Å²) in [5.41, 5.74) is -8.01. The molecule has 2 bridgehead atoms. The predicted molar refractivity (Wildman–Crippen MR) is 172 cm³/mol. The van der Waals surface area contributed by atoms with Gasteiger partial charge in [0.05, 0.1) is 34.5 Å². The SMILES string of the molecule is CC(=O)O[C@H]1C[C@](C)(O)[C@]23OC(C)(C)[C@H]([C@@H](OC(=O)C(C)C)[C@H](OC(=O)c4ccccc4)[C@]2(COC(=O)C(C)C)[C@H]1OC(C)=O)[C@H]3OC(C)=O. The van der Waals surface area contributed by atoms with Crippen molar-refractivity contribution < 1.29 is 67.0 Å². The molecule has 1 spiro atoms. The average Bonchev–Trinajstić information content (AvgIpc) is 3.20. The third-order valence-corrected chi connectivity index (χ3v) is 9.84. The van der Waals surface area contributed by atoms with Crippen LogP contribution in [0, 0.1) is 23.2 Å². The largest absolute Gasteiger partial charge is 0.464 e. The molecule has 2 aliphatic carbocycles. The van der Waals surface area contributed by atoms with Gasteiger partial charge in [-0.25, -0.2) is 4.79 Å². The highest BCUT2D eigenvalue weighted by Gasteiger charge is 2.89. The summed E-state index contributed by atoms with van der Waals surface area (Å²) in [5.74, 6) is -7.39. The van der Waals surface area contributed by atoms with Crippen LogP contribution in [-0.4, -0.2) is 94.9 Å². The van der Waals surface area contributed by atoms with E-state index in [0.29, 0.717) is 0 Å². The van der Waals surface area contributed by atoms with Gasteiger partial charge in [0.2, 0.25) is 0 Å². The van der Waals surface area contributed by atoms with E-state index in [4.69, 9.17) is 33.2 Å². The molecule has 0 amide bonds. The van der Waals surface area contributed by atoms with Crippen LogP contribution in [0.15, 0.2) is 30.3 Å². The molecule has 1 aromatic carbocycles. The first-order chi connectivity index (χ1) is 23.1. The Morgan fingerprint density at radius 2 is 1.30 bits per heavy atom. The van der Waals surface area contributed by atoms with E-state index in [1.165, 1.54) is 19.1 Å². The Morgan fingerprint density at radius 3 is 1.82 bits per heavy atom. The van der Waals surface area contributed by atoms with Crippen molar-refractivity contribution in [1.82, 2.24) is 0 Å². The van der Waals surface area contributed by atoms with Crippen LogP contribution in [0.3, 0.4) is 0 Å². The Kier molecular flexibility index (Phi) is 10.8. The summed E-state index contributed by atoms with van der Waals surface area (Å²) < 4.78 is 43.1. The number of esters is 6. The number of hydrogen-bond donors (Lipinski definition) is 1. The smallest absolute Gasteiger partial charge is 0.338 e. The van der Waals surface area contributed by atoms with Gasteiger partial charge in [-0.2, -0.15) is 0 Å². The van der Waals surface area contributed by atoms with Crippen LogP contribution in [0.1, 0.15) is 86.0 Å². The van der Waals surface area contributed by atoms with Crippen LogP contribution in [0.5, 0.6) is 0 Å². The number of ether oxygens (including phenoxy) is 7. The van der Waals surface area contributed by atoms with Crippen molar-refractivity contribution in [2.24, 2.45) is 23.2 Å². The van der Waals surface area contributed by atoms with Crippen LogP contribution in [0.2, 0.25) is 0 Å². The van der Waals surface area contributed by atoms with Gasteiger partial charge in [0.25, 0.3) is 0 Å². The third kappa shape index (κ3) is 6.59. The van der Waals surface area contributed by atoms with E-state index in [1.807, 2.05) is 0 Å². The summed E-state index contributed by atoms with van der Waals surface area (Å²) in [6.45, 7) is 13.5. The van der Waals surface area contributed by atoms with Crippen molar-refractivity contribution in [3.8, 4) is 0 Å². The number of benzene rings is 1. The summed E-state index contributed by atoms with van der Waals surface area (Å²) in [4.78, 5) is 79.5. The molecule has 0 unspecified atom stereocenters. The van der Waals surface area contributed by atoms with E-state index in [1.54, 1.807) is 59.7 Å². The summed E-state index contributed by atoms with van der Waals surface area (Å²) in [6.07, 6.45) is -8.36. The van der Waals surface area contributed by atoms with Crippen LogP contribution < -0.4 is 0 Å². The molecule has 14 nitrogen and oxygen atoms in total. The second-order valence-electron chi connectivity index (χ2n) is 14.7. The quantitative estimate of drug-likeness (QED) is 0.276. The molecule has 3 fully saturated rings. The van der Waals surface area contributed by atoms with Crippen LogP contribution in [0.25, 0.3) is 0 Å². The minimum absolute atomic E-state index is 0.0857. The number of rotatable bonds is 10. The molecule has 14 heteroatoms. The van der Waals surface area contributed by atoms with Crippen LogP contribution in [-0.2, 0) is 57.1 Å². The van der Waals surface area contributed by atoms with Crippen molar-refractivity contribution in [3.05, 3.63) is 35.9 Å². The van der Waals surface area contributed by atoms with Crippen molar-refractivity contribution >= 4 is 35.8 Å². The average molecular weight is 705 g/mol. The first-order valence-corrected chi connectivity index (χ1v) is 16.7. The first kappa shape index (κ1) is 38.8. The lowest BCUT2D eigenvalue weighted by atomic mass is 9.45. The molecule has 0 aromatic heterocycles. The minimum atomic E-state index is -2.28. The molecule has 50 heavy (non-hydrogen) atoms. The van der Waals surface area contributed by atoms with Gasteiger partial charge in [-0.1, -0.05) is 45.9 Å². The molecular formula is C36H48O14. The second-order valence-corrected chi connectivity index (χ2v) is 14.7. The molecule has 1 N–H and O–H groups in total. The van der Waals surface area contributed by atoms with Gasteiger partial charge in [-0.15, -0.1) is 0 Å². The van der Waals surface area contributed by atoms with E-state index in [9.17, 15) is 33.9 Å². The van der Waals surface area contributed by atoms with E-state index < -0.39 is 119 Å². The summed E-state index contributed by atoms with van der Waals surface area (Å²) in [7, 11) is 0. The molecule has 276 valence electrons. The van der Waals surface area contributed by atoms with Gasteiger partial charge >= 0.3 is 35.8 Å². The monoisotopic (exact) mass is 704 g/mol. The summed E-state index contributed by atoms with van der Waals surface area (Å²) >= 11 is 0. The lowest BCUT2D eigenvalue weighted by Gasteiger charge is -2.66. The van der Waals surface area contributed by atoms with Gasteiger partial charge in [0, 0.05) is 27.2 Å². The molecule has 0 radical (unpaired) electrons.